The SMILES string of the molecule is Cc1c(N)cccc1OC(N)=O. The van der Waals surface area contributed by atoms with Crippen LogP contribution in [0.3, 0.4) is 0 Å². The molecule has 0 aliphatic carbocycles. The van der Waals surface area contributed by atoms with Crippen molar-refractivity contribution in [2.24, 2.45) is 5.73 Å². The minimum absolute atomic E-state index is 0.405. The number of amides is 1. The van der Waals surface area contributed by atoms with Crippen LogP contribution in [0.15, 0.2) is 18.2 Å². The van der Waals surface area contributed by atoms with Gasteiger partial charge in [-0.2, -0.15) is 0 Å². The van der Waals surface area contributed by atoms with Crippen molar-refractivity contribution in [3.8, 4) is 5.75 Å². The van der Waals surface area contributed by atoms with E-state index in [1.54, 1.807) is 25.1 Å². The van der Waals surface area contributed by atoms with Crippen LogP contribution in [-0.2, 0) is 0 Å². The first-order valence-corrected chi connectivity index (χ1v) is 3.43. The van der Waals surface area contributed by atoms with E-state index in [4.69, 9.17) is 11.5 Å². The third kappa shape index (κ3) is 1.66. The molecule has 0 atom stereocenters. The van der Waals surface area contributed by atoms with E-state index >= 15 is 0 Å². The topological polar surface area (TPSA) is 78.3 Å². The first-order chi connectivity index (χ1) is 5.61. The molecule has 4 nitrogen and oxygen atoms in total. The lowest BCUT2D eigenvalue weighted by Crippen LogP contribution is -2.16. The van der Waals surface area contributed by atoms with Gasteiger partial charge in [-0.3, -0.25) is 0 Å². The second-order valence-corrected chi connectivity index (χ2v) is 2.39. The fourth-order valence-electron chi connectivity index (χ4n) is 0.850. The number of anilines is 1. The zero-order valence-corrected chi connectivity index (χ0v) is 6.70. The van der Waals surface area contributed by atoms with Crippen LogP contribution in [0.2, 0.25) is 0 Å². The monoisotopic (exact) mass is 166 g/mol. The van der Waals surface area contributed by atoms with Gasteiger partial charge < -0.3 is 16.2 Å². The minimum Gasteiger partial charge on any atom is -0.410 e. The number of carbonyl (C=O) groups excluding carboxylic acids is 1. The van der Waals surface area contributed by atoms with Crippen molar-refractivity contribution in [3.63, 3.8) is 0 Å². The Morgan fingerprint density at radius 3 is 2.75 bits per heavy atom. The van der Waals surface area contributed by atoms with Gasteiger partial charge in [-0.1, -0.05) is 6.07 Å². The summed E-state index contributed by atoms with van der Waals surface area (Å²) in [5.74, 6) is 0.405. The van der Waals surface area contributed by atoms with Crippen molar-refractivity contribution in [2.45, 2.75) is 6.92 Å². The molecule has 0 aromatic heterocycles. The van der Waals surface area contributed by atoms with Gasteiger partial charge in [-0.05, 0) is 19.1 Å². The first kappa shape index (κ1) is 8.39. The minimum atomic E-state index is -0.830. The quantitative estimate of drug-likeness (QED) is 0.611. The van der Waals surface area contributed by atoms with Crippen LogP contribution in [0.5, 0.6) is 5.75 Å². The zero-order valence-electron chi connectivity index (χ0n) is 6.70. The van der Waals surface area contributed by atoms with Gasteiger partial charge in [0.25, 0.3) is 0 Å². The summed E-state index contributed by atoms with van der Waals surface area (Å²) in [6.45, 7) is 1.76. The predicted octanol–water partition coefficient (Wildman–Crippen LogP) is 1.03. The number of hydrogen-bond acceptors (Lipinski definition) is 3. The summed E-state index contributed by atoms with van der Waals surface area (Å²) in [5, 5.41) is 0. The van der Waals surface area contributed by atoms with E-state index < -0.39 is 6.09 Å². The molecule has 0 radical (unpaired) electrons. The molecule has 1 aromatic rings. The maximum absolute atomic E-state index is 10.4. The average molecular weight is 166 g/mol. The number of rotatable bonds is 1. The molecule has 0 spiro atoms. The Morgan fingerprint density at radius 1 is 1.50 bits per heavy atom. The summed E-state index contributed by atoms with van der Waals surface area (Å²) >= 11 is 0. The molecular weight excluding hydrogens is 156 g/mol. The highest BCUT2D eigenvalue weighted by Gasteiger charge is 2.04. The van der Waals surface area contributed by atoms with E-state index in [-0.39, 0.29) is 0 Å². The standard InChI is InChI=1S/C8H10N2O2/c1-5-6(9)3-2-4-7(5)12-8(10)11/h2-4H,9H2,1H3,(H2,10,11). The summed E-state index contributed by atoms with van der Waals surface area (Å²) in [5.41, 5.74) is 11.7. The molecule has 0 unspecified atom stereocenters. The first-order valence-electron chi connectivity index (χ1n) is 3.43. The van der Waals surface area contributed by atoms with Crippen molar-refractivity contribution in [1.82, 2.24) is 0 Å². The second kappa shape index (κ2) is 3.13. The molecule has 0 saturated carbocycles. The molecule has 1 amide bonds. The molecule has 4 heteroatoms. The number of carbonyl (C=O) groups is 1. The normalized spacial score (nSPS) is 9.42. The van der Waals surface area contributed by atoms with Crippen molar-refractivity contribution in [1.29, 1.82) is 0 Å². The molecule has 0 bridgehead atoms. The number of nitrogens with two attached hydrogens (primary N) is 2. The number of primary amides is 1. The van der Waals surface area contributed by atoms with E-state index in [9.17, 15) is 4.79 Å². The molecule has 1 aromatic carbocycles. The summed E-state index contributed by atoms with van der Waals surface area (Å²) < 4.78 is 4.68. The van der Waals surface area contributed by atoms with Crippen LogP contribution in [0.25, 0.3) is 0 Å². The van der Waals surface area contributed by atoms with Gasteiger partial charge in [0.1, 0.15) is 5.75 Å². The molecular formula is C8H10N2O2. The molecule has 1 rings (SSSR count). The zero-order chi connectivity index (χ0) is 9.14. The van der Waals surface area contributed by atoms with Crippen LogP contribution in [0.1, 0.15) is 5.56 Å². The van der Waals surface area contributed by atoms with Crippen LogP contribution < -0.4 is 16.2 Å². The van der Waals surface area contributed by atoms with Gasteiger partial charge >= 0.3 is 6.09 Å². The average Bonchev–Trinajstić information content (AvgIpc) is 1.98. The lowest BCUT2D eigenvalue weighted by Gasteiger charge is -2.05. The molecule has 0 fully saturated rings. The number of benzene rings is 1. The van der Waals surface area contributed by atoms with Crippen molar-refractivity contribution >= 4 is 11.8 Å². The number of hydrogen-bond donors (Lipinski definition) is 2. The lowest BCUT2D eigenvalue weighted by atomic mass is 10.2. The lowest BCUT2D eigenvalue weighted by molar-refractivity contribution is 0.210. The highest BCUT2D eigenvalue weighted by Crippen LogP contribution is 2.22. The maximum Gasteiger partial charge on any atom is 0.409 e. The van der Waals surface area contributed by atoms with Crippen molar-refractivity contribution < 1.29 is 9.53 Å². The molecule has 0 saturated heterocycles. The third-order valence-corrected chi connectivity index (χ3v) is 1.54. The summed E-state index contributed by atoms with van der Waals surface area (Å²) in [6.07, 6.45) is -0.830. The maximum atomic E-state index is 10.4. The molecule has 12 heavy (non-hydrogen) atoms. The van der Waals surface area contributed by atoms with Gasteiger partial charge in [0.2, 0.25) is 0 Å². The smallest absolute Gasteiger partial charge is 0.409 e. The van der Waals surface area contributed by atoms with Gasteiger partial charge in [-0.25, -0.2) is 4.79 Å². The van der Waals surface area contributed by atoms with Gasteiger partial charge in [-0.15, -0.1) is 0 Å². The van der Waals surface area contributed by atoms with Crippen molar-refractivity contribution in [2.75, 3.05) is 5.73 Å². The van der Waals surface area contributed by atoms with E-state index in [0.717, 1.165) is 5.56 Å². The Balaban J connectivity index is 3.00. The summed E-state index contributed by atoms with van der Waals surface area (Å²) in [7, 11) is 0. The van der Waals surface area contributed by atoms with Gasteiger partial charge in [0.15, 0.2) is 0 Å². The summed E-state index contributed by atoms with van der Waals surface area (Å²) in [4.78, 5) is 10.4. The van der Waals surface area contributed by atoms with Crippen LogP contribution in [0, 0.1) is 6.92 Å². The molecule has 64 valence electrons. The van der Waals surface area contributed by atoms with E-state index in [2.05, 4.69) is 4.74 Å². The fraction of sp³-hybridized carbons (Fsp3) is 0.125. The second-order valence-electron chi connectivity index (χ2n) is 2.39. The predicted molar refractivity (Wildman–Crippen MR) is 45.8 cm³/mol. The molecule has 0 aliphatic rings. The van der Waals surface area contributed by atoms with Crippen LogP contribution in [-0.4, -0.2) is 6.09 Å². The fourth-order valence-corrected chi connectivity index (χ4v) is 0.850. The van der Waals surface area contributed by atoms with E-state index in [1.165, 1.54) is 0 Å². The third-order valence-electron chi connectivity index (χ3n) is 1.54. The van der Waals surface area contributed by atoms with Gasteiger partial charge in [0, 0.05) is 11.3 Å². The molecule has 4 N–H and O–H groups in total. The highest BCUT2D eigenvalue weighted by molar-refractivity contribution is 5.69. The number of ether oxygens (including phenoxy) is 1. The Hall–Kier alpha value is -1.71. The van der Waals surface area contributed by atoms with E-state index in [0.29, 0.717) is 11.4 Å². The van der Waals surface area contributed by atoms with Crippen molar-refractivity contribution in [3.05, 3.63) is 23.8 Å². The Kier molecular flexibility index (Phi) is 2.19. The van der Waals surface area contributed by atoms with E-state index in [1.807, 2.05) is 0 Å². The number of nitrogen functional groups attached to an aromatic ring is 1. The highest BCUT2D eigenvalue weighted by atomic mass is 16.5. The van der Waals surface area contributed by atoms with Gasteiger partial charge in [0.05, 0.1) is 0 Å². The Morgan fingerprint density at radius 2 is 2.17 bits per heavy atom. The summed E-state index contributed by atoms with van der Waals surface area (Å²) in [6, 6.07) is 5.06. The van der Waals surface area contributed by atoms with Crippen LogP contribution in [0.4, 0.5) is 10.5 Å². The largest absolute Gasteiger partial charge is 0.410 e. The van der Waals surface area contributed by atoms with Crippen LogP contribution >= 0.6 is 0 Å². The Bertz CT molecular complexity index is 310. The molecule has 0 aliphatic heterocycles. The Labute approximate surface area is 70.1 Å². The molecule has 0 heterocycles.